The Balaban J connectivity index is 3.85. The highest BCUT2D eigenvalue weighted by molar-refractivity contribution is 6.74. The number of rotatable bonds is 6. The second kappa shape index (κ2) is 5.99. The van der Waals surface area contributed by atoms with Crippen LogP contribution in [-0.2, 0) is 4.43 Å². The van der Waals surface area contributed by atoms with Crippen LogP contribution >= 0.6 is 0 Å². The van der Waals surface area contributed by atoms with Crippen LogP contribution < -0.4 is 5.73 Å². The third kappa shape index (κ3) is 5.66. The molecule has 0 aromatic heterocycles. The molecule has 3 nitrogen and oxygen atoms in total. The summed E-state index contributed by atoms with van der Waals surface area (Å²) >= 11 is 0. The summed E-state index contributed by atoms with van der Waals surface area (Å²) in [4.78, 5) is 0. The van der Waals surface area contributed by atoms with Gasteiger partial charge >= 0.3 is 0 Å². The van der Waals surface area contributed by atoms with E-state index < -0.39 is 8.32 Å². The molecule has 1 unspecified atom stereocenters. The standard InChI is InChI=1S/C11H27NO2Si/c1-11(2,3)15(4,5)14-9-7-10(12)6-8-13/h10,13H,6-9,12H2,1-5H3. The molecule has 0 fully saturated rings. The van der Waals surface area contributed by atoms with Crippen LogP contribution in [0.2, 0.25) is 18.1 Å². The zero-order valence-corrected chi connectivity index (χ0v) is 11.8. The van der Waals surface area contributed by atoms with E-state index in [9.17, 15) is 0 Å². The van der Waals surface area contributed by atoms with Crippen molar-refractivity contribution in [3.8, 4) is 0 Å². The van der Waals surface area contributed by atoms with Crippen LogP contribution in [0.5, 0.6) is 0 Å². The summed E-state index contributed by atoms with van der Waals surface area (Å²) < 4.78 is 5.99. The summed E-state index contributed by atoms with van der Waals surface area (Å²) in [6, 6.07) is 0.0692. The molecule has 0 radical (unpaired) electrons. The molecule has 0 spiro atoms. The minimum absolute atomic E-state index is 0.0692. The maximum absolute atomic E-state index is 8.71. The summed E-state index contributed by atoms with van der Waals surface area (Å²) in [5, 5.41) is 8.97. The maximum atomic E-state index is 8.71. The number of hydrogen-bond acceptors (Lipinski definition) is 3. The van der Waals surface area contributed by atoms with E-state index >= 15 is 0 Å². The van der Waals surface area contributed by atoms with E-state index in [1.807, 2.05) is 0 Å². The van der Waals surface area contributed by atoms with E-state index in [1.54, 1.807) is 0 Å². The van der Waals surface area contributed by atoms with Gasteiger partial charge in [-0.3, -0.25) is 0 Å². The van der Waals surface area contributed by atoms with Crippen molar-refractivity contribution in [2.45, 2.75) is 57.8 Å². The van der Waals surface area contributed by atoms with Crippen molar-refractivity contribution >= 4 is 8.32 Å². The Kier molecular flexibility index (Phi) is 6.03. The monoisotopic (exact) mass is 233 g/mol. The van der Waals surface area contributed by atoms with Crippen LogP contribution in [-0.4, -0.2) is 32.7 Å². The lowest BCUT2D eigenvalue weighted by atomic mass is 10.2. The minimum atomic E-state index is -1.61. The molecule has 0 rings (SSSR count). The van der Waals surface area contributed by atoms with Crippen LogP contribution in [0.15, 0.2) is 0 Å². The molecule has 3 N–H and O–H groups in total. The van der Waals surface area contributed by atoms with E-state index in [4.69, 9.17) is 15.3 Å². The molecular formula is C11H27NO2Si. The molecule has 0 saturated heterocycles. The Hall–Kier alpha value is 0.0969. The van der Waals surface area contributed by atoms with Gasteiger partial charge in [0.1, 0.15) is 0 Å². The van der Waals surface area contributed by atoms with E-state index in [2.05, 4.69) is 33.9 Å². The topological polar surface area (TPSA) is 55.5 Å². The average Bonchev–Trinajstić information content (AvgIpc) is 2.01. The molecule has 0 saturated carbocycles. The molecule has 15 heavy (non-hydrogen) atoms. The minimum Gasteiger partial charge on any atom is -0.417 e. The molecule has 1 atom stereocenters. The smallest absolute Gasteiger partial charge is 0.191 e. The van der Waals surface area contributed by atoms with Gasteiger partial charge < -0.3 is 15.3 Å². The van der Waals surface area contributed by atoms with Gasteiger partial charge in [-0.05, 0) is 31.0 Å². The van der Waals surface area contributed by atoms with Gasteiger partial charge in [0.15, 0.2) is 8.32 Å². The largest absolute Gasteiger partial charge is 0.417 e. The van der Waals surface area contributed by atoms with Crippen molar-refractivity contribution in [2.24, 2.45) is 5.73 Å². The zero-order chi connectivity index (χ0) is 12.1. The molecule has 92 valence electrons. The summed E-state index contributed by atoms with van der Waals surface area (Å²) in [6.45, 7) is 12.1. The number of aliphatic hydroxyl groups is 1. The summed E-state index contributed by atoms with van der Waals surface area (Å²) in [6.07, 6.45) is 1.51. The molecule has 0 aromatic carbocycles. The third-order valence-corrected chi connectivity index (χ3v) is 7.80. The first-order chi connectivity index (χ1) is 6.70. The molecular weight excluding hydrogens is 206 g/mol. The first-order valence-electron chi connectivity index (χ1n) is 5.71. The highest BCUT2D eigenvalue weighted by Crippen LogP contribution is 2.36. The lowest BCUT2D eigenvalue weighted by molar-refractivity contribution is 0.242. The quantitative estimate of drug-likeness (QED) is 0.691. The molecule has 0 bridgehead atoms. The zero-order valence-electron chi connectivity index (χ0n) is 10.8. The molecule has 0 aliphatic heterocycles. The highest BCUT2D eigenvalue weighted by atomic mass is 28.4. The first-order valence-corrected chi connectivity index (χ1v) is 8.62. The summed E-state index contributed by atoms with van der Waals surface area (Å²) in [7, 11) is -1.61. The Labute approximate surface area is 95.1 Å². The number of aliphatic hydroxyl groups excluding tert-OH is 1. The molecule has 0 aliphatic rings. The lowest BCUT2D eigenvalue weighted by Crippen LogP contribution is -2.41. The number of nitrogens with two attached hydrogens (primary N) is 1. The van der Waals surface area contributed by atoms with Crippen LogP contribution in [0.3, 0.4) is 0 Å². The van der Waals surface area contributed by atoms with Gasteiger partial charge in [0, 0.05) is 19.3 Å². The predicted octanol–water partition coefficient (Wildman–Crippen LogP) is 2.11. The molecule has 0 aromatic rings. The van der Waals surface area contributed by atoms with Crippen molar-refractivity contribution in [1.29, 1.82) is 0 Å². The van der Waals surface area contributed by atoms with Gasteiger partial charge in [0.25, 0.3) is 0 Å². The van der Waals surface area contributed by atoms with Gasteiger partial charge in [-0.1, -0.05) is 20.8 Å². The van der Waals surface area contributed by atoms with Crippen LogP contribution in [0.25, 0.3) is 0 Å². The van der Waals surface area contributed by atoms with Crippen molar-refractivity contribution in [1.82, 2.24) is 0 Å². The van der Waals surface area contributed by atoms with Gasteiger partial charge in [-0.15, -0.1) is 0 Å². The van der Waals surface area contributed by atoms with Crippen molar-refractivity contribution in [2.75, 3.05) is 13.2 Å². The molecule has 0 heterocycles. The third-order valence-electron chi connectivity index (χ3n) is 3.26. The van der Waals surface area contributed by atoms with E-state index in [0.29, 0.717) is 6.42 Å². The van der Waals surface area contributed by atoms with E-state index in [1.165, 1.54) is 0 Å². The molecule has 4 heteroatoms. The van der Waals surface area contributed by atoms with Gasteiger partial charge in [-0.2, -0.15) is 0 Å². The van der Waals surface area contributed by atoms with Crippen LogP contribution in [0.4, 0.5) is 0 Å². The van der Waals surface area contributed by atoms with Crippen molar-refractivity contribution < 1.29 is 9.53 Å². The van der Waals surface area contributed by atoms with Gasteiger partial charge in [-0.25, -0.2) is 0 Å². The number of hydrogen-bond donors (Lipinski definition) is 2. The summed E-state index contributed by atoms with van der Waals surface area (Å²) in [5.41, 5.74) is 5.80. The second-order valence-electron chi connectivity index (χ2n) is 5.67. The average molecular weight is 233 g/mol. The Bertz CT molecular complexity index is 178. The van der Waals surface area contributed by atoms with Crippen LogP contribution in [0, 0.1) is 0 Å². The Morgan fingerprint density at radius 1 is 1.27 bits per heavy atom. The van der Waals surface area contributed by atoms with Gasteiger partial charge in [0.2, 0.25) is 0 Å². The highest BCUT2D eigenvalue weighted by Gasteiger charge is 2.36. The SMILES string of the molecule is CC(C)(C)[Si](C)(C)OCCC(N)CCO. The fourth-order valence-corrected chi connectivity index (χ4v) is 2.05. The normalized spacial score (nSPS) is 15.4. The van der Waals surface area contributed by atoms with Crippen LogP contribution in [0.1, 0.15) is 33.6 Å². The lowest BCUT2D eigenvalue weighted by Gasteiger charge is -2.36. The molecule has 0 aliphatic carbocycles. The van der Waals surface area contributed by atoms with Gasteiger partial charge in [0.05, 0.1) is 0 Å². The molecule has 0 amide bonds. The van der Waals surface area contributed by atoms with E-state index in [-0.39, 0.29) is 17.7 Å². The fourth-order valence-electron chi connectivity index (χ4n) is 0.992. The van der Waals surface area contributed by atoms with E-state index in [0.717, 1.165) is 13.0 Å². The maximum Gasteiger partial charge on any atom is 0.191 e. The Morgan fingerprint density at radius 2 is 1.80 bits per heavy atom. The second-order valence-corrected chi connectivity index (χ2v) is 10.5. The van der Waals surface area contributed by atoms with Crippen molar-refractivity contribution in [3.63, 3.8) is 0 Å². The predicted molar refractivity (Wildman–Crippen MR) is 67.4 cm³/mol. The van der Waals surface area contributed by atoms with Crippen molar-refractivity contribution in [3.05, 3.63) is 0 Å². The fraction of sp³-hybridized carbons (Fsp3) is 1.00. The first kappa shape index (κ1) is 15.1. The summed E-state index contributed by atoms with van der Waals surface area (Å²) in [5.74, 6) is 0. The Morgan fingerprint density at radius 3 is 2.20 bits per heavy atom.